The number of aromatic nitrogens is 2. The van der Waals surface area contributed by atoms with E-state index in [-0.39, 0.29) is 0 Å². The predicted octanol–water partition coefficient (Wildman–Crippen LogP) is 6.89. The van der Waals surface area contributed by atoms with Crippen LogP contribution in [0.5, 0.6) is 11.5 Å². The topological polar surface area (TPSA) is 44.2 Å². The summed E-state index contributed by atoms with van der Waals surface area (Å²) in [5, 5.41) is 0. The fourth-order valence-electron chi connectivity index (χ4n) is 3.69. The molecule has 0 unspecified atom stereocenters. The Bertz CT molecular complexity index is 1200. The highest BCUT2D eigenvalue weighted by molar-refractivity contribution is 5.80. The lowest BCUT2D eigenvalue weighted by atomic mass is 10.0. The van der Waals surface area contributed by atoms with Gasteiger partial charge in [0.1, 0.15) is 11.5 Å². The number of benzene rings is 3. The molecular weight excluding hydrogens is 396 g/mol. The molecule has 0 atom stereocenters. The molecule has 3 aromatic carbocycles. The fourth-order valence-corrected chi connectivity index (χ4v) is 3.69. The summed E-state index contributed by atoms with van der Waals surface area (Å²) in [4.78, 5) is 9.96. The summed E-state index contributed by atoms with van der Waals surface area (Å²) < 4.78 is 11.2. The summed E-state index contributed by atoms with van der Waals surface area (Å²) >= 11 is 0. The van der Waals surface area contributed by atoms with Crippen LogP contribution in [0.15, 0.2) is 72.9 Å². The molecule has 0 bridgehead atoms. The fraction of sp³-hybridized carbons (Fsp3) is 0.214. The average molecular weight is 425 g/mol. The van der Waals surface area contributed by atoms with E-state index >= 15 is 0 Å². The quantitative estimate of drug-likeness (QED) is 0.324. The van der Waals surface area contributed by atoms with Gasteiger partial charge in [0.05, 0.1) is 36.5 Å². The number of hydrogen-bond donors (Lipinski definition) is 0. The van der Waals surface area contributed by atoms with Crippen LogP contribution in [-0.2, 0) is 0 Å². The van der Waals surface area contributed by atoms with Crippen molar-refractivity contribution >= 4 is 0 Å². The predicted molar refractivity (Wildman–Crippen MR) is 130 cm³/mol. The summed E-state index contributed by atoms with van der Waals surface area (Å²) in [6.07, 6.45) is 1.87. The Labute approximate surface area is 189 Å². The molecule has 162 valence electrons. The zero-order valence-corrected chi connectivity index (χ0v) is 19.1. The summed E-state index contributed by atoms with van der Waals surface area (Å²) in [7, 11) is 0. The van der Waals surface area contributed by atoms with Gasteiger partial charge >= 0.3 is 0 Å². The molecule has 0 spiro atoms. The van der Waals surface area contributed by atoms with E-state index in [1.54, 1.807) is 0 Å². The standard InChI is InChI=1S/C28H28N2O2/c1-5-31-23-13-9-21(10-14-23)27-28(22-11-15-24(16-12-22)32-6-2)30-26(18-29-27)25-17-19(3)7-8-20(25)4/h7-18H,5-6H2,1-4H3. The molecule has 0 aliphatic carbocycles. The molecule has 0 amide bonds. The van der Waals surface area contributed by atoms with Crippen LogP contribution < -0.4 is 9.47 Å². The second-order valence-corrected chi connectivity index (χ2v) is 7.69. The second kappa shape index (κ2) is 9.65. The van der Waals surface area contributed by atoms with Gasteiger partial charge in [-0.15, -0.1) is 0 Å². The Kier molecular flexibility index (Phi) is 6.50. The highest BCUT2D eigenvalue weighted by atomic mass is 16.5. The second-order valence-electron chi connectivity index (χ2n) is 7.69. The minimum Gasteiger partial charge on any atom is -0.494 e. The molecule has 1 aromatic heterocycles. The van der Waals surface area contributed by atoms with Crippen molar-refractivity contribution in [3.8, 4) is 45.3 Å². The summed E-state index contributed by atoms with van der Waals surface area (Å²) in [5.74, 6) is 1.69. The number of ether oxygens (including phenoxy) is 2. The summed E-state index contributed by atoms with van der Waals surface area (Å²) in [6.45, 7) is 9.44. The first-order valence-corrected chi connectivity index (χ1v) is 11.0. The molecule has 4 aromatic rings. The molecule has 1 heterocycles. The van der Waals surface area contributed by atoms with E-state index in [4.69, 9.17) is 19.4 Å². The Morgan fingerprint density at radius 2 is 1.25 bits per heavy atom. The third kappa shape index (κ3) is 4.65. The maximum atomic E-state index is 5.62. The van der Waals surface area contributed by atoms with Crippen LogP contribution in [-0.4, -0.2) is 23.2 Å². The van der Waals surface area contributed by atoms with Crippen molar-refractivity contribution in [2.45, 2.75) is 27.7 Å². The molecular formula is C28H28N2O2. The summed E-state index contributed by atoms with van der Waals surface area (Å²) in [5.41, 5.74) is 8.02. The Hall–Kier alpha value is -3.66. The molecule has 0 radical (unpaired) electrons. The van der Waals surface area contributed by atoms with E-state index in [2.05, 4.69) is 32.0 Å². The van der Waals surface area contributed by atoms with Gasteiger partial charge in [-0.1, -0.05) is 17.7 Å². The van der Waals surface area contributed by atoms with Crippen molar-refractivity contribution < 1.29 is 9.47 Å². The van der Waals surface area contributed by atoms with Crippen molar-refractivity contribution in [2.24, 2.45) is 0 Å². The van der Waals surface area contributed by atoms with Gasteiger partial charge in [-0.25, -0.2) is 4.98 Å². The maximum Gasteiger partial charge on any atom is 0.119 e. The zero-order valence-electron chi connectivity index (χ0n) is 19.1. The van der Waals surface area contributed by atoms with Crippen LogP contribution in [0.3, 0.4) is 0 Å². The highest BCUT2D eigenvalue weighted by Crippen LogP contribution is 2.33. The molecule has 0 aliphatic heterocycles. The van der Waals surface area contributed by atoms with Gasteiger partial charge < -0.3 is 9.47 Å². The smallest absolute Gasteiger partial charge is 0.119 e. The molecule has 32 heavy (non-hydrogen) atoms. The van der Waals surface area contributed by atoms with E-state index in [0.29, 0.717) is 13.2 Å². The van der Waals surface area contributed by atoms with E-state index < -0.39 is 0 Å². The molecule has 0 aliphatic rings. The van der Waals surface area contributed by atoms with Crippen molar-refractivity contribution in [1.82, 2.24) is 9.97 Å². The van der Waals surface area contributed by atoms with Crippen molar-refractivity contribution in [1.29, 1.82) is 0 Å². The van der Waals surface area contributed by atoms with Gasteiger partial charge in [0.15, 0.2) is 0 Å². The average Bonchev–Trinajstić information content (AvgIpc) is 2.82. The van der Waals surface area contributed by atoms with Gasteiger partial charge in [0.25, 0.3) is 0 Å². The maximum absolute atomic E-state index is 5.62. The molecule has 0 fully saturated rings. The van der Waals surface area contributed by atoms with Gasteiger partial charge in [-0.05, 0) is 87.9 Å². The van der Waals surface area contributed by atoms with Crippen molar-refractivity contribution in [3.63, 3.8) is 0 Å². The third-order valence-electron chi connectivity index (χ3n) is 5.32. The minimum atomic E-state index is 0.638. The minimum absolute atomic E-state index is 0.638. The third-order valence-corrected chi connectivity index (χ3v) is 5.32. The number of aryl methyl sites for hydroxylation is 2. The van der Waals surface area contributed by atoms with Gasteiger partial charge in [-0.3, -0.25) is 4.98 Å². The van der Waals surface area contributed by atoms with E-state index in [1.165, 1.54) is 11.1 Å². The lowest BCUT2D eigenvalue weighted by Crippen LogP contribution is -1.98. The molecule has 4 rings (SSSR count). The first kappa shape index (κ1) is 21.6. The van der Waals surface area contributed by atoms with Crippen LogP contribution in [0.25, 0.3) is 33.8 Å². The zero-order chi connectivity index (χ0) is 22.5. The normalized spacial score (nSPS) is 10.8. The Morgan fingerprint density at radius 1 is 0.688 bits per heavy atom. The van der Waals surface area contributed by atoms with Crippen LogP contribution in [0.2, 0.25) is 0 Å². The molecule has 0 N–H and O–H groups in total. The van der Waals surface area contributed by atoms with Gasteiger partial charge in [0, 0.05) is 16.7 Å². The van der Waals surface area contributed by atoms with Gasteiger partial charge in [-0.2, -0.15) is 0 Å². The molecule has 4 nitrogen and oxygen atoms in total. The SMILES string of the molecule is CCOc1ccc(-c2ncc(-c3cc(C)ccc3C)nc2-c2ccc(OCC)cc2)cc1. The summed E-state index contributed by atoms with van der Waals surface area (Å²) in [6, 6.07) is 22.5. The largest absolute Gasteiger partial charge is 0.494 e. The number of hydrogen-bond acceptors (Lipinski definition) is 4. The monoisotopic (exact) mass is 424 g/mol. The number of rotatable bonds is 7. The van der Waals surface area contributed by atoms with E-state index in [0.717, 1.165) is 45.3 Å². The molecule has 4 heteroatoms. The first-order chi connectivity index (χ1) is 15.6. The number of nitrogens with zero attached hydrogens (tertiary/aromatic N) is 2. The van der Waals surface area contributed by atoms with Crippen molar-refractivity contribution in [3.05, 3.63) is 84.1 Å². The van der Waals surface area contributed by atoms with Crippen LogP contribution in [0.1, 0.15) is 25.0 Å². The van der Waals surface area contributed by atoms with Gasteiger partial charge in [0.2, 0.25) is 0 Å². The lowest BCUT2D eigenvalue weighted by Gasteiger charge is -2.13. The van der Waals surface area contributed by atoms with E-state index in [1.807, 2.05) is 68.6 Å². The Balaban J connectivity index is 1.84. The molecule has 0 saturated heterocycles. The van der Waals surface area contributed by atoms with Crippen LogP contribution >= 0.6 is 0 Å². The lowest BCUT2D eigenvalue weighted by molar-refractivity contribution is 0.340. The van der Waals surface area contributed by atoms with E-state index in [9.17, 15) is 0 Å². The highest BCUT2D eigenvalue weighted by Gasteiger charge is 2.15. The van der Waals surface area contributed by atoms with Crippen LogP contribution in [0.4, 0.5) is 0 Å². The van der Waals surface area contributed by atoms with Crippen molar-refractivity contribution in [2.75, 3.05) is 13.2 Å². The Morgan fingerprint density at radius 3 is 1.81 bits per heavy atom. The van der Waals surface area contributed by atoms with Crippen LogP contribution in [0, 0.1) is 13.8 Å². The molecule has 0 saturated carbocycles. The first-order valence-electron chi connectivity index (χ1n) is 11.0.